The predicted octanol–water partition coefficient (Wildman–Crippen LogP) is 4.28. The lowest BCUT2D eigenvalue weighted by atomic mass is 9.82. The number of fused-ring (bicyclic) bond motifs is 1. The van der Waals surface area contributed by atoms with Crippen LogP contribution in [0.5, 0.6) is 0 Å². The Labute approximate surface area is 225 Å². The van der Waals surface area contributed by atoms with Crippen molar-refractivity contribution in [1.29, 1.82) is 0 Å². The molecular formula is C24H24ClFIN7O2. The third-order valence-electron chi connectivity index (χ3n) is 6.60. The quantitative estimate of drug-likeness (QED) is 0.253. The number of hydrogen-bond donors (Lipinski definition) is 1. The molecule has 1 aliphatic heterocycles. The number of piperidine rings is 1. The molecule has 5 heterocycles. The Morgan fingerprint density at radius 1 is 1.19 bits per heavy atom. The minimum atomic E-state index is -0.369. The molecule has 0 radical (unpaired) electrons. The molecule has 1 saturated heterocycles. The van der Waals surface area contributed by atoms with Crippen molar-refractivity contribution >= 4 is 56.8 Å². The molecule has 0 spiro atoms. The fourth-order valence-electron chi connectivity index (χ4n) is 5.14. The number of ketones is 1. The van der Waals surface area contributed by atoms with Gasteiger partial charge in [0.05, 0.1) is 33.8 Å². The van der Waals surface area contributed by atoms with Crippen LogP contribution in [-0.2, 0) is 6.54 Å². The van der Waals surface area contributed by atoms with Crippen molar-refractivity contribution < 1.29 is 14.3 Å². The number of nitrogens with zero attached hydrogens (tertiary/aromatic N) is 7. The zero-order chi connectivity index (χ0) is 25.6. The molecule has 1 N–H and O–H groups in total. The van der Waals surface area contributed by atoms with E-state index >= 15 is 0 Å². The predicted molar refractivity (Wildman–Crippen MR) is 142 cm³/mol. The molecule has 9 nitrogen and oxygen atoms in total. The number of halogens is 3. The Hall–Kier alpha value is -2.64. The van der Waals surface area contributed by atoms with E-state index in [9.17, 15) is 14.3 Å². The SMILES string of the molecule is C[C@@H]1CC(C(=O)c2cn(CCO)c3nc(-n4nccn4)c(Cl)cc23)C[C@@H](C)N1c1ncc(F)cc1I. The van der Waals surface area contributed by atoms with Crippen LogP contribution in [0.25, 0.3) is 16.9 Å². The molecule has 0 amide bonds. The van der Waals surface area contributed by atoms with E-state index in [0.29, 0.717) is 40.3 Å². The van der Waals surface area contributed by atoms with Crippen LogP contribution in [0, 0.1) is 15.3 Å². The molecule has 2 atom stereocenters. The second-order valence-corrected chi connectivity index (χ2v) is 10.6. The Morgan fingerprint density at radius 2 is 1.89 bits per heavy atom. The highest BCUT2D eigenvalue weighted by atomic mass is 127. The van der Waals surface area contributed by atoms with Crippen molar-refractivity contribution in [2.24, 2.45) is 5.92 Å². The fraction of sp³-hybridized carbons (Fsp3) is 0.375. The smallest absolute Gasteiger partial charge is 0.195 e. The summed E-state index contributed by atoms with van der Waals surface area (Å²) in [6.07, 6.45) is 7.29. The average molecular weight is 624 g/mol. The van der Waals surface area contributed by atoms with Crippen molar-refractivity contribution in [3.05, 3.63) is 56.9 Å². The first-order chi connectivity index (χ1) is 17.3. The monoisotopic (exact) mass is 623 g/mol. The van der Waals surface area contributed by atoms with E-state index in [1.54, 1.807) is 16.8 Å². The molecule has 1 aliphatic rings. The van der Waals surface area contributed by atoms with Gasteiger partial charge in [0.15, 0.2) is 11.6 Å². The van der Waals surface area contributed by atoms with Crippen LogP contribution >= 0.6 is 34.2 Å². The number of anilines is 1. The molecule has 12 heteroatoms. The second kappa shape index (κ2) is 10.0. The van der Waals surface area contributed by atoms with Gasteiger partial charge in [-0.25, -0.2) is 14.4 Å². The van der Waals surface area contributed by atoms with Crippen LogP contribution in [0.2, 0.25) is 5.02 Å². The van der Waals surface area contributed by atoms with Gasteiger partial charge in [-0.15, -0.1) is 4.80 Å². The molecule has 1 fully saturated rings. The van der Waals surface area contributed by atoms with E-state index in [1.807, 2.05) is 0 Å². The van der Waals surface area contributed by atoms with Crippen molar-refractivity contribution in [3.8, 4) is 5.82 Å². The molecular weight excluding hydrogens is 600 g/mol. The summed E-state index contributed by atoms with van der Waals surface area (Å²) in [5.41, 5.74) is 1.06. The van der Waals surface area contributed by atoms with Gasteiger partial charge in [-0.05, 0) is 61.4 Å². The average Bonchev–Trinajstić information content (AvgIpc) is 3.48. The van der Waals surface area contributed by atoms with Crippen molar-refractivity contribution in [2.45, 2.75) is 45.3 Å². The summed E-state index contributed by atoms with van der Waals surface area (Å²) in [4.78, 5) is 26.3. The minimum Gasteiger partial charge on any atom is -0.395 e. The van der Waals surface area contributed by atoms with Gasteiger partial charge < -0.3 is 14.6 Å². The Balaban J connectivity index is 1.48. The number of rotatable bonds is 6. The number of aliphatic hydroxyl groups excluding tert-OH is 1. The van der Waals surface area contributed by atoms with Gasteiger partial charge in [0.25, 0.3) is 0 Å². The summed E-state index contributed by atoms with van der Waals surface area (Å²) in [5, 5.41) is 18.8. The molecule has 0 aliphatic carbocycles. The second-order valence-electron chi connectivity index (χ2n) is 9.04. The highest BCUT2D eigenvalue weighted by molar-refractivity contribution is 14.1. The van der Waals surface area contributed by atoms with E-state index in [0.717, 1.165) is 9.39 Å². The summed E-state index contributed by atoms with van der Waals surface area (Å²) in [6.45, 7) is 4.30. The summed E-state index contributed by atoms with van der Waals surface area (Å²) >= 11 is 8.63. The maximum Gasteiger partial charge on any atom is 0.195 e. The third-order valence-corrected chi connectivity index (χ3v) is 7.68. The molecule has 188 valence electrons. The first-order valence-corrected chi connectivity index (χ1v) is 13.0. The van der Waals surface area contributed by atoms with Gasteiger partial charge in [0.1, 0.15) is 17.3 Å². The highest BCUT2D eigenvalue weighted by Gasteiger charge is 2.37. The maximum atomic E-state index is 13.8. The summed E-state index contributed by atoms with van der Waals surface area (Å²) in [5.74, 6) is 0.510. The third kappa shape index (κ3) is 4.48. The van der Waals surface area contributed by atoms with E-state index in [4.69, 9.17) is 11.6 Å². The van der Waals surface area contributed by atoms with Crippen LogP contribution in [0.15, 0.2) is 36.9 Å². The van der Waals surface area contributed by atoms with Gasteiger partial charge in [-0.3, -0.25) is 4.79 Å². The molecule has 5 rings (SSSR count). The number of hydrogen-bond acceptors (Lipinski definition) is 7. The van der Waals surface area contributed by atoms with E-state index in [2.05, 4.69) is 61.5 Å². The first-order valence-electron chi connectivity index (χ1n) is 11.6. The van der Waals surface area contributed by atoms with Crippen molar-refractivity contribution in [1.82, 2.24) is 29.5 Å². The fourth-order valence-corrected chi connectivity index (χ4v) is 6.09. The van der Waals surface area contributed by atoms with Gasteiger partial charge in [0, 0.05) is 41.7 Å². The van der Waals surface area contributed by atoms with E-state index < -0.39 is 0 Å². The Morgan fingerprint density at radius 3 is 2.53 bits per heavy atom. The maximum absolute atomic E-state index is 13.8. The Bertz CT molecular complexity index is 1420. The number of pyridine rings is 2. The number of Topliss-reactive ketones (excluding diaryl/α,β-unsaturated/α-hetero) is 1. The summed E-state index contributed by atoms with van der Waals surface area (Å²) in [6, 6.07) is 3.24. The number of carbonyl (C=O) groups excluding carboxylic acids is 1. The van der Waals surface area contributed by atoms with Crippen LogP contribution in [0.4, 0.5) is 10.2 Å². The standard InChI is InChI=1S/C24H24ClFIN7O2/c1-13-7-15(8-14(2)33(13)24-20(27)9-16(26)11-28-24)21(36)18-12-32(5-6-35)22-17(18)10-19(25)23(31-22)34-29-3-4-30-34/h3-4,9-15,35H,5-8H2,1-2H3/t13-,14-/m1/s1. The highest BCUT2D eigenvalue weighted by Crippen LogP contribution is 2.37. The largest absolute Gasteiger partial charge is 0.395 e. The number of aliphatic hydroxyl groups is 1. The lowest BCUT2D eigenvalue weighted by Gasteiger charge is -2.43. The number of carbonyl (C=O) groups is 1. The van der Waals surface area contributed by atoms with Gasteiger partial charge >= 0.3 is 0 Å². The normalized spacial score (nSPS) is 20.3. The van der Waals surface area contributed by atoms with Crippen molar-refractivity contribution in [3.63, 3.8) is 0 Å². The van der Waals surface area contributed by atoms with Crippen LogP contribution in [0.1, 0.15) is 37.0 Å². The topological polar surface area (TPSA) is 102 Å². The molecule has 0 bridgehead atoms. The van der Waals surface area contributed by atoms with Crippen LogP contribution in [-0.4, -0.2) is 59.1 Å². The van der Waals surface area contributed by atoms with Gasteiger partial charge in [-0.1, -0.05) is 11.6 Å². The molecule has 0 saturated carbocycles. The van der Waals surface area contributed by atoms with Gasteiger partial charge in [-0.2, -0.15) is 10.2 Å². The van der Waals surface area contributed by atoms with Crippen LogP contribution in [0.3, 0.4) is 0 Å². The first kappa shape index (κ1) is 25.0. The zero-order valence-electron chi connectivity index (χ0n) is 19.6. The van der Waals surface area contributed by atoms with E-state index in [-0.39, 0.29) is 42.8 Å². The van der Waals surface area contributed by atoms with Crippen molar-refractivity contribution in [2.75, 3.05) is 11.5 Å². The molecule has 36 heavy (non-hydrogen) atoms. The molecule has 4 aromatic heterocycles. The lowest BCUT2D eigenvalue weighted by molar-refractivity contribution is 0.0878. The lowest BCUT2D eigenvalue weighted by Crippen LogP contribution is -2.49. The van der Waals surface area contributed by atoms with E-state index in [1.165, 1.54) is 29.5 Å². The number of aromatic nitrogens is 6. The molecule has 0 unspecified atom stereocenters. The Kier molecular flexibility index (Phi) is 6.97. The van der Waals surface area contributed by atoms with Gasteiger partial charge in [0.2, 0.25) is 0 Å². The molecule has 0 aromatic carbocycles. The minimum absolute atomic E-state index is 0.0135. The zero-order valence-corrected chi connectivity index (χ0v) is 22.6. The summed E-state index contributed by atoms with van der Waals surface area (Å²) < 4.78 is 16.1. The van der Waals surface area contributed by atoms with Crippen LogP contribution < -0.4 is 4.90 Å². The summed E-state index contributed by atoms with van der Waals surface area (Å²) in [7, 11) is 0. The molecule has 4 aromatic rings.